The zero-order valence-electron chi connectivity index (χ0n) is 13.7. The predicted octanol–water partition coefficient (Wildman–Crippen LogP) is 2.84. The molecule has 7 heteroatoms. The van der Waals surface area contributed by atoms with Gasteiger partial charge in [-0.3, -0.25) is 4.79 Å². The SMILES string of the molecule is CCCC(=O)Nc1cccc(CNc2ncccc2S(C)(=O)=O)c1. The van der Waals surface area contributed by atoms with E-state index in [1.807, 2.05) is 31.2 Å². The van der Waals surface area contributed by atoms with Crippen molar-refractivity contribution >= 4 is 27.2 Å². The zero-order chi connectivity index (χ0) is 17.6. The quantitative estimate of drug-likeness (QED) is 0.804. The summed E-state index contributed by atoms with van der Waals surface area (Å²) in [6, 6.07) is 10.5. The Morgan fingerprint density at radius 1 is 1.21 bits per heavy atom. The molecule has 2 N–H and O–H groups in total. The van der Waals surface area contributed by atoms with Crippen molar-refractivity contribution in [3.8, 4) is 0 Å². The summed E-state index contributed by atoms with van der Waals surface area (Å²) in [5.41, 5.74) is 1.63. The van der Waals surface area contributed by atoms with Gasteiger partial charge in [0, 0.05) is 31.1 Å². The molecule has 1 aromatic heterocycles. The number of amides is 1. The Morgan fingerprint density at radius 2 is 2.00 bits per heavy atom. The third kappa shape index (κ3) is 5.06. The Kier molecular flexibility index (Phi) is 5.92. The van der Waals surface area contributed by atoms with E-state index in [1.165, 1.54) is 6.07 Å². The number of hydrogen-bond acceptors (Lipinski definition) is 5. The third-order valence-corrected chi connectivity index (χ3v) is 4.45. The van der Waals surface area contributed by atoms with Crippen LogP contribution in [0.25, 0.3) is 0 Å². The summed E-state index contributed by atoms with van der Waals surface area (Å²) in [6.07, 6.45) is 3.96. The Morgan fingerprint density at radius 3 is 2.71 bits per heavy atom. The molecule has 2 rings (SSSR count). The lowest BCUT2D eigenvalue weighted by Gasteiger charge is -2.11. The lowest BCUT2D eigenvalue weighted by molar-refractivity contribution is -0.116. The molecule has 24 heavy (non-hydrogen) atoms. The number of hydrogen-bond donors (Lipinski definition) is 2. The molecule has 0 fully saturated rings. The van der Waals surface area contributed by atoms with Gasteiger partial charge in [-0.05, 0) is 36.2 Å². The van der Waals surface area contributed by atoms with Gasteiger partial charge in [0.05, 0.1) is 0 Å². The molecule has 0 aliphatic carbocycles. The number of sulfone groups is 1. The molecule has 1 aromatic carbocycles. The summed E-state index contributed by atoms with van der Waals surface area (Å²) in [4.78, 5) is 15.9. The molecule has 0 saturated carbocycles. The highest BCUT2D eigenvalue weighted by Crippen LogP contribution is 2.19. The number of nitrogens with one attached hydrogen (secondary N) is 2. The van der Waals surface area contributed by atoms with Gasteiger partial charge in [-0.25, -0.2) is 13.4 Å². The van der Waals surface area contributed by atoms with Crippen LogP contribution in [0.2, 0.25) is 0 Å². The first-order valence-electron chi connectivity index (χ1n) is 7.68. The van der Waals surface area contributed by atoms with Crippen LogP contribution < -0.4 is 10.6 Å². The molecule has 0 radical (unpaired) electrons. The lowest BCUT2D eigenvalue weighted by atomic mass is 10.2. The van der Waals surface area contributed by atoms with E-state index < -0.39 is 9.84 Å². The topological polar surface area (TPSA) is 88.2 Å². The highest BCUT2D eigenvalue weighted by atomic mass is 32.2. The Bertz CT molecular complexity index is 819. The second-order valence-electron chi connectivity index (χ2n) is 5.47. The maximum atomic E-state index is 11.8. The van der Waals surface area contributed by atoms with Crippen LogP contribution in [0.15, 0.2) is 47.5 Å². The number of aromatic nitrogens is 1. The maximum absolute atomic E-state index is 11.8. The van der Waals surface area contributed by atoms with Crippen molar-refractivity contribution in [2.24, 2.45) is 0 Å². The molecule has 0 unspecified atom stereocenters. The smallest absolute Gasteiger partial charge is 0.224 e. The van der Waals surface area contributed by atoms with Gasteiger partial charge in [0.15, 0.2) is 9.84 Å². The van der Waals surface area contributed by atoms with Crippen LogP contribution in [0.4, 0.5) is 11.5 Å². The average molecular weight is 347 g/mol. The highest BCUT2D eigenvalue weighted by Gasteiger charge is 2.13. The van der Waals surface area contributed by atoms with E-state index in [9.17, 15) is 13.2 Å². The average Bonchev–Trinajstić information content (AvgIpc) is 2.53. The van der Waals surface area contributed by atoms with Gasteiger partial charge >= 0.3 is 0 Å². The molecule has 0 bridgehead atoms. The number of anilines is 2. The molecule has 0 atom stereocenters. The first-order valence-corrected chi connectivity index (χ1v) is 9.57. The largest absolute Gasteiger partial charge is 0.365 e. The summed E-state index contributed by atoms with van der Waals surface area (Å²) in [7, 11) is -3.35. The van der Waals surface area contributed by atoms with E-state index in [0.29, 0.717) is 18.8 Å². The zero-order valence-corrected chi connectivity index (χ0v) is 14.6. The molecular weight excluding hydrogens is 326 g/mol. The molecule has 128 valence electrons. The van der Waals surface area contributed by atoms with Crippen molar-refractivity contribution in [3.63, 3.8) is 0 Å². The Hall–Kier alpha value is -2.41. The fraction of sp³-hybridized carbons (Fsp3) is 0.294. The molecule has 1 amide bonds. The number of carbonyl (C=O) groups is 1. The van der Waals surface area contributed by atoms with Gasteiger partial charge in [0.25, 0.3) is 0 Å². The van der Waals surface area contributed by atoms with Crippen LogP contribution >= 0.6 is 0 Å². The van der Waals surface area contributed by atoms with Crippen molar-refractivity contribution in [1.29, 1.82) is 0 Å². The Labute approximate surface area is 142 Å². The minimum Gasteiger partial charge on any atom is -0.365 e. The molecule has 0 aliphatic rings. The van der Waals surface area contributed by atoms with Gasteiger partial charge in [0.2, 0.25) is 5.91 Å². The van der Waals surface area contributed by atoms with Crippen LogP contribution in [0, 0.1) is 0 Å². The predicted molar refractivity (Wildman–Crippen MR) is 94.7 cm³/mol. The van der Waals surface area contributed by atoms with E-state index in [2.05, 4.69) is 15.6 Å². The minimum absolute atomic E-state index is 0.0216. The molecule has 1 heterocycles. The number of pyridine rings is 1. The van der Waals surface area contributed by atoms with Gasteiger partial charge in [-0.1, -0.05) is 19.1 Å². The fourth-order valence-electron chi connectivity index (χ4n) is 2.22. The van der Waals surface area contributed by atoms with Crippen LogP contribution in [-0.4, -0.2) is 25.6 Å². The van der Waals surface area contributed by atoms with E-state index in [0.717, 1.165) is 23.9 Å². The molecule has 0 aliphatic heterocycles. The minimum atomic E-state index is -3.35. The van der Waals surface area contributed by atoms with Crippen molar-refractivity contribution < 1.29 is 13.2 Å². The lowest BCUT2D eigenvalue weighted by Crippen LogP contribution is -2.11. The first kappa shape index (κ1) is 17.9. The number of carbonyl (C=O) groups excluding carboxylic acids is 1. The summed E-state index contributed by atoms with van der Waals surface area (Å²) >= 11 is 0. The van der Waals surface area contributed by atoms with E-state index >= 15 is 0 Å². The fourth-order valence-corrected chi connectivity index (χ4v) is 3.02. The van der Waals surface area contributed by atoms with Crippen LogP contribution in [0.1, 0.15) is 25.3 Å². The standard InChI is InChI=1S/C17H21N3O3S/c1-3-6-16(21)20-14-8-4-7-13(11-14)12-19-17-15(24(2,22)23)9-5-10-18-17/h4-5,7-11H,3,6,12H2,1-2H3,(H,18,19)(H,20,21). The van der Waals surface area contributed by atoms with Crippen LogP contribution in [0.3, 0.4) is 0 Å². The van der Waals surface area contributed by atoms with Gasteiger partial charge < -0.3 is 10.6 Å². The maximum Gasteiger partial charge on any atom is 0.224 e. The normalized spacial score (nSPS) is 11.1. The summed E-state index contributed by atoms with van der Waals surface area (Å²) in [5, 5.41) is 5.88. The van der Waals surface area contributed by atoms with E-state index in [-0.39, 0.29) is 10.8 Å². The van der Waals surface area contributed by atoms with Gasteiger partial charge in [0.1, 0.15) is 10.7 Å². The van der Waals surface area contributed by atoms with Gasteiger partial charge in [-0.2, -0.15) is 0 Å². The highest BCUT2D eigenvalue weighted by molar-refractivity contribution is 7.90. The molecule has 0 spiro atoms. The number of benzene rings is 1. The van der Waals surface area contributed by atoms with Crippen molar-refractivity contribution in [2.45, 2.75) is 31.2 Å². The summed E-state index contributed by atoms with van der Waals surface area (Å²) in [6.45, 7) is 2.35. The summed E-state index contributed by atoms with van der Waals surface area (Å²) in [5.74, 6) is 0.298. The first-order chi connectivity index (χ1) is 11.4. The van der Waals surface area contributed by atoms with E-state index in [1.54, 1.807) is 12.3 Å². The Balaban J connectivity index is 2.09. The van der Waals surface area contributed by atoms with Crippen molar-refractivity contribution in [3.05, 3.63) is 48.2 Å². The second kappa shape index (κ2) is 7.92. The molecular formula is C17H21N3O3S. The van der Waals surface area contributed by atoms with E-state index in [4.69, 9.17) is 0 Å². The van der Waals surface area contributed by atoms with Gasteiger partial charge in [-0.15, -0.1) is 0 Å². The molecule has 6 nitrogen and oxygen atoms in total. The third-order valence-electron chi connectivity index (χ3n) is 3.32. The van der Waals surface area contributed by atoms with Crippen LogP contribution in [-0.2, 0) is 21.2 Å². The monoisotopic (exact) mass is 347 g/mol. The second-order valence-corrected chi connectivity index (χ2v) is 7.46. The number of rotatable bonds is 7. The number of nitrogens with zero attached hydrogens (tertiary/aromatic N) is 1. The van der Waals surface area contributed by atoms with Crippen molar-refractivity contribution in [2.75, 3.05) is 16.9 Å². The molecule has 2 aromatic rings. The van der Waals surface area contributed by atoms with Crippen LogP contribution in [0.5, 0.6) is 0 Å². The van der Waals surface area contributed by atoms with Crippen molar-refractivity contribution in [1.82, 2.24) is 4.98 Å². The molecule has 0 saturated heterocycles. The summed E-state index contributed by atoms with van der Waals surface area (Å²) < 4.78 is 23.5.